The minimum Gasteiger partial charge on any atom is -0.303 e. The van der Waals surface area contributed by atoms with Crippen LogP contribution >= 0.6 is 0 Å². The molecule has 1 atom stereocenters. The summed E-state index contributed by atoms with van der Waals surface area (Å²) in [4.78, 5) is 13.2. The van der Waals surface area contributed by atoms with Crippen molar-refractivity contribution >= 4 is 6.29 Å². The molecule has 0 saturated carbocycles. The highest BCUT2D eigenvalue weighted by Gasteiger charge is 2.19. The van der Waals surface area contributed by atoms with Crippen LogP contribution in [0.3, 0.4) is 0 Å². The molecule has 0 spiro atoms. The van der Waals surface area contributed by atoms with Crippen molar-refractivity contribution < 1.29 is 4.79 Å². The van der Waals surface area contributed by atoms with Crippen molar-refractivity contribution in [3.8, 4) is 6.07 Å². The summed E-state index contributed by atoms with van der Waals surface area (Å²) in [5.74, 6) is 0.192. The molecule has 18 heavy (non-hydrogen) atoms. The van der Waals surface area contributed by atoms with E-state index >= 15 is 0 Å². The molecular weight excluding hydrogens is 224 g/mol. The molecule has 3 heteroatoms. The molecule has 1 aliphatic heterocycles. The lowest BCUT2D eigenvalue weighted by atomic mass is 9.98. The molecule has 2 rings (SSSR count). The van der Waals surface area contributed by atoms with E-state index < -0.39 is 0 Å². The second-order valence-corrected chi connectivity index (χ2v) is 5.03. The fraction of sp³-hybridized carbons (Fsp3) is 0.467. The summed E-state index contributed by atoms with van der Waals surface area (Å²) in [5, 5.41) is 8.84. The van der Waals surface area contributed by atoms with Crippen molar-refractivity contribution in [3.63, 3.8) is 0 Å². The zero-order chi connectivity index (χ0) is 13.0. The lowest BCUT2D eigenvalue weighted by Crippen LogP contribution is -2.35. The fourth-order valence-electron chi connectivity index (χ4n) is 2.53. The lowest BCUT2D eigenvalue weighted by molar-refractivity contribution is -0.112. The SMILES string of the molecule is Cc1cc(C#N)ccc1CN1CCCC(C=O)C1. The molecule has 94 valence electrons. The van der Waals surface area contributed by atoms with Crippen molar-refractivity contribution in [1.82, 2.24) is 4.90 Å². The number of hydrogen-bond donors (Lipinski definition) is 0. The normalized spacial score (nSPS) is 20.3. The smallest absolute Gasteiger partial charge is 0.124 e. The minimum atomic E-state index is 0.192. The van der Waals surface area contributed by atoms with Crippen molar-refractivity contribution in [2.45, 2.75) is 26.3 Å². The molecule has 1 aromatic rings. The Balaban J connectivity index is 2.05. The van der Waals surface area contributed by atoms with E-state index in [1.54, 1.807) is 0 Å². The van der Waals surface area contributed by atoms with Crippen LogP contribution in [0, 0.1) is 24.2 Å². The summed E-state index contributed by atoms with van der Waals surface area (Å²) in [7, 11) is 0. The van der Waals surface area contributed by atoms with Crippen LogP contribution in [0.2, 0.25) is 0 Å². The van der Waals surface area contributed by atoms with Gasteiger partial charge in [0.25, 0.3) is 0 Å². The second kappa shape index (κ2) is 5.79. The van der Waals surface area contributed by atoms with Crippen LogP contribution in [-0.4, -0.2) is 24.3 Å². The van der Waals surface area contributed by atoms with E-state index in [9.17, 15) is 4.79 Å². The zero-order valence-electron chi connectivity index (χ0n) is 10.7. The van der Waals surface area contributed by atoms with Crippen molar-refractivity contribution in [1.29, 1.82) is 5.26 Å². The number of carbonyl (C=O) groups excluding carboxylic acids is 1. The molecule has 0 aromatic heterocycles. The fourth-order valence-corrected chi connectivity index (χ4v) is 2.53. The third-order valence-electron chi connectivity index (χ3n) is 3.60. The third kappa shape index (κ3) is 2.96. The Bertz CT molecular complexity index is 476. The minimum absolute atomic E-state index is 0.192. The molecule has 0 N–H and O–H groups in total. The summed E-state index contributed by atoms with van der Waals surface area (Å²) in [6.07, 6.45) is 3.20. The molecule has 1 fully saturated rings. The Labute approximate surface area is 108 Å². The van der Waals surface area contributed by atoms with E-state index in [1.165, 1.54) is 5.56 Å². The Morgan fingerprint density at radius 1 is 1.56 bits per heavy atom. The summed E-state index contributed by atoms with van der Waals surface area (Å²) >= 11 is 0. The number of nitrogens with zero attached hydrogens (tertiary/aromatic N) is 2. The average molecular weight is 242 g/mol. The number of aldehydes is 1. The van der Waals surface area contributed by atoms with E-state index in [0.717, 1.165) is 44.3 Å². The van der Waals surface area contributed by atoms with Crippen LogP contribution in [0.25, 0.3) is 0 Å². The first kappa shape index (κ1) is 12.8. The van der Waals surface area contributed by atoms with Gasteiger partial charge in [-0.2, -0.15) is 5.26 Å². The van der Waals surface area contributed by atoms with Crippen molar-refractivity contribution in [2.75, 3.05) is 13.1 Å². The number of hydrogen-bond acceptors (Lipinski definition) is 3. The predicted octanol–water partition coefficient (Wildman–Crippen LogP) is 2.28. The van der Waals surface area contributed by atoms with Crippen LogP contribution in [0.15, 0.2) is 18.2 Å². The van der Waals surface area contributed by atoms with Gasteiger partial charge >= 0.3 is 0 Å². The standard InChI is InChI=1S/C15H18N2O/c1-12-7-13(8-16)4-5-15(12)10-17-6-2-3-14(9-17)11-18/h4-5,7,11,14H,2-3,6,9-10H2,1H3. The Kier molecular flexibility index (Phi) is 4.11. The molecule has 1 unspecified atom stereocenters. The van der Waals surface area contributed by atoms with Crippen LogP contribution in [0.5, 0.6) is 0 Å². The van der Waals surface area contributed by atoms with Gasteiger partial charge in [-0.25, -0.2) is 0 Å². The molecule has 0 bridgehead atoms. The number of aryl methyl sites for hydroxylation is 1. The average Bonchev–Trinajstić information content (AvgIpc) is 2.41. The number of carbonyl (C=O) groups is 1. The first-order valence-electron chi connectivity index (χ1n) is 6.40. The van der Waals surface area contributed by atoms with Gasteiger partial charge in [-0.05, 0) is 49.6 Å². The summed E-state index contributed by atoms with van der Waals surface area (Å²) in [6.45, 7) is 4.84. The van der Waals surface area contributed by atoms with Gasteiger partial charge < -0.3 is 4.79 Å². The van der Waals surface area contributed by atoms with Gasteiger partial charge in [0.2, 0.25) is 0 Å². The zero-order valence-corrected chi connectivity index (χ0v) is 10.7. The number of nitriles is 1. The predicted molar refractivity (Wildman–Crippen MR) is 70.0 cm³/mol. The van der Waals surface area contributed by atoms with Crippen molar-refractivity contribution in [3.05, 3.63) is 34.9 Å². The van der Waals surface area contributed by atoms with Crippen LogP contribution in [0.4, 0.5) is 0 Å². The van der Waals surface area contributed by atoms with E-state index in [1.807, 2.05) is 25.1 Å². The van der Waals surface area contributed by atoms with Crippen LogP contribution in [0.1, 0.15) is 29.5 Å². The highest BCUT2D eigenvalue weighted by Crippen LogP contribution is 2.19. The van der Waals surface area contributed by atoms with Crippen LogP contribution < -0.4 is 0 Å². The highest BCUT2D eigenvalue weighted by molar-refractivity contribution is 5.54. The quantitative estimate of drug-likeness (QED) is 0.764. The molecule has 3 nitrogen and oxygen atoms in total. The molecule has 0 radical (unpaired) electrons. The van der Waals surface area contributed by atoms with Crippen LogP contribution in [-0.2, 0) is 11.3 Å². The number of piperidine rings is 1. The number of benzene rings is 1. The van der Waals surface area contributed by atoms with Gasteiger partial charge in [-0.3, -0.25) is 4.90 Å². The van der Waals surface area contributed by atoms with E-state index in [2.05, 4.69) is 11.0 Å². The van der Waals surface area contributed by atoms with Gasteiger partial charge in [-0.15, -0.1) is 0 Å². The Hall–Kier alpha value is -1.66. The maximum atomic E-state index is 10.8. The molecule has 0 amide bonds. The summed E-state index contributed by atoms with van der Waals surface area (Å²) < 4.78 is 0. The van der Waals surface area contributed by atoms with Gasteiger partial charge in [0, 0.05) is 19.0 Å². The second-order valence-electron chi connectivity index (χ2n) is 5.03. The number of rotatable bonds is 3. The topological polar surface area (TPSA) is 44.1 Å². The molecule has 1 heterocycles. The Morgan fingerprint density at radius 2 is 2.39 bits per heavy atom. The summed E-state index contributed by atoms with van der Waals surface area (Å²) in [5.41, 5.74) is 3.11. The highest BCUT2D eigenvalue weighted by atomic mass is 16.1. The molecule has 1 aliphatic rings. The maximum absolute atomic E-state index is 10.8. The van der Waals surface area contributed by atoms with E-state index in [4.69, 9.17) is 5.26 Å². The number of likely N-dealkylation sites (tertiary alicyclic amines) is 1. The largest absolute Gasteiger partial charge is 0.303 e. The molecule has 1 saturated heterocycles. The third-order valence-corrected chi connectivity index (χ3v) is 3.60. The molecule has 1 aromatic carbocycles. The molecular formula is C15H18N2O. The van der Waals surface area contributed by atoms with Crippen molar-refractivity contribution in [2.24, 2.45) is 5.92 Å². The lowest BCUT2D eigenvalue weighted by Gasteiger charge is -2.30. The van der Waals surface area contributed by atoms with E-state index in [-0.39, 0.29) is 5.92 Å². The first-order valence-corrected chi connectivity index (χ1v) is 6.40. The monoisotopic (exact) mass is 242 g/mol. The first-order chi connectivity index (χ1) is 8.72. The van der Waals surface area contributed by atoms with Gasteiger partial charge in [0.05, 0.1) is 11.6 Å². The van der Waals surface area contributed by atoms with Gasteiger partial charge in [0.1, 0.15) is 6.29 Å². The Morgan fingerprint density at radius 3 is 3.06 bits per heavy atom. The van der Waals surface area contributed by atoms with E-state index in [0.29, 0.717) is 5.56 Å². The van der Waals surface area contributed by atoms with Gasteiger partial charge in [-0.1, -0.05) is 6.07 Å². The summed E-state index contributed by atoms with van der Waals surface area (Å²) in [6, 6.07) is 7.97. The molecule has 0 aliphatic carbocycles. The van der Waals surface area contributed by atoms with Gasteiger partial charge in [0.15, 0.2) is 0 Å². The maximum Gasteiger partial charge on any atom is 0.124 e.